The van der Waals surface area contributed by atoms with Crippen molar-refractivity contribution in [3.05, 3.63) is 11.1 Å². The Morgan fingerprint density at radius 1 is 1.35 bits per heavy atom. The average Bonchev–Trinajstić information content (AvgIpc) is 2.80. The van der Waals surface area contributed by atoms with Crippen LogP contribution in [0.1, 0.15) is 38.5 Å². The third-order valence-corrected chi connectivity index (χ3v) is 4.24. The lowest BCUT2D eigenvalue weighted by Gasteiger charge is -2.24. The predicted molar refractivity (Wildman–Crippen MR) is 76.8 cm³/mol. The molecule has 0 bridgehead atoms. The van der Waals surface area contributed by atoms with Gasteiger partial charge in [0.2, 0.25) is 0 Å². The summed E-state index contributed by atoms with van der Waals surface area (Å²) in [7, 11) is 1.97. The van der Waals surface area contributed by atoms with E-state index in [0.29, 0.717) is 0 Å². The van der Waals surface area contributed by atoms with Crippen LogP contribution in [0.25, 0.3) is 0 Å². The highest BCUT2D eigenvalue weighted by Crippen LogP contribution is 2.24. The molecule has 0 saturated heterocycles. The molecule has 0 aromatic carbocycles. The summed E-state index contributed by atoms with van der Waals surface area (Å²) >= 11 is 1.81. The molecular formula is C13H25N3S. The molecule has 0 unspecified atom stereocenters. The molecule has 0 aliphatic carbocycles. The van der Waals surface area contributed by atoms with Crippen LogP contribution in [-0.2, 0) is 6.54 Å². The van der Waals surface area contributed by atoms with Gasteiger partial charge in [-0.3, -0.25) is 0 Å². The highest BCUT2D eigenvalue weighted by atomic mass is 32.1. The largest absolute Gasteiger partial charge is 0.348 e. The lowest BCUT2D eigenvalue weighted by atomic mass is 10.0. The molecule has 0 aliphatic rings. The zero-order valence-corrected chi connectivity index (χ0v) is 12.3. The Hall–Kier alpha value is -0.610. The van der Waals surface area contributed by atoms with E-state index in [4.69, 9.17) is 0 Å². The van der Waals surface area contributed by atoms with Gasteiger partial charge in [-0.25, -0.2) is 4.98 Å². The molecule has 1 aromatic rings. The van der Waals surface area contributed by atoms with Gasteiger partial charge in [-0.1, -0.05) is 26.7 Å². The second-order valence-corrected chi connectivity index (χ2v) is 5.45. The number of nitrogens with zero attached hydrogens (tertiary/aromatic N) is 2. The molecular weight excluding hydrogens is 230 g/mol. The molecule has 17 heavy (non-hydrogen) atoms. The summed E-state index contributed by atoms with van der Waals surface area (Å²) in [5.74, 6) is 0.784. The highest BCUT2D eigenvalue weighted by molar-refractivity contribution is 7.15. The Kier molecular flexibility index (Phi) is 6.52. The fourth-order valence-corrected chi connectivity index (χ4v) is 2.89. The van der Waals surface area contributed by atoms with Gasteiger partial charge in [-0.05, 0) is 19.9 Å². The van der Waals surface area contributed by atoms with Crippen LogP contribution in [0.4, 0.5) is 5.13 Å². The smallest absolute Gasteiger partial charge is 0.185 e. The molecule has 98 valence electrons. The fourth-order valence-electron chi connectivity index (χ4n) is 1.90. The van der Waals surface area contributed by atoms with Gasteiger partial charge < -0.3 is 10.2 Å². The van der Waals surface area contributed by atoms with Crippen LogP contribution in [0, 0.1) is 5.92 Å². The van der Waals surface area contributed by atoms with E-state index in [2.05, 4.69) is 36.0 Å². The first-order valence-electron chi connectivity index (χ1n) is 6.59. The van der Waals surface area contributed by atoms with Crippen molar-refractivity contribution < 1.29 is 0 Å². The molecule has 0 fully saturated rings. The Bertz CT molecular complexity index is 307. The third kappa shape index (κ3) is 4.28. The summed E-state index contributed by atoms with van der Waals surface area (Å²) in [6.45, 7) is 9.85. The van der Waals surface area contributed by atoms with Gasteiger partial charge >= 0.3 is 0 Å². The molecule has 0 radical (unpaired) electrons. The molecule has 0 spiro atoms. The van der Waals surface area contributed by atoms with Gasteiger partial charge in [0.15, 0.2) is 5.13 Å². The molecule has 0 aliphatic heterocycles. The van der Waals surface area contributed by atoms with E-state index in [-0.39, 0.29) is 0 Å². The van der Waals surface area contributed by atoms with Gasteiger partial charge in [0.25, 0.3) is 0 Å². The van der Waals surface area contributed by atoms with Crippen molar-refractivity contribution in [2.24, 2.45) is 5.92 Å². The number of nitrogens with one attached hydrogen (secondary N) is 1. The van der Waals surface area contributed by atoms with Gasteiger partial charge in [0.05, 0.1) is 0 Å². The van der Waals surface area contributed by atoms with E-state index in [9.17, 15) is 0 Å². The van der Waals surface area contributed by atoms with Crippen LogP contribution >= 0.6 is 11.3 Å². The summed E-state index contributed by atoms with van der Waals surface area (Å²) in [6, 6.07) is 0. The maximum absolute atomic E-state index is 4.53. The minimum atomic E-state index is 0.784. The second kappa shape index (κ2) is 7.67. The quantitative estimate of drug-likeness (QED) is 0.773. The van der Waals surface area contributed by atoms with Gasteiger partial charge in [0, 0.05) is 30.7 Å². The molecule has 1 N–H and O–H groups in total. The first-order chi connectivity index (χ1) is 8.24. The number of aromatic nitrogens is 1. The van der Waals surface area contributed by atoms with Crippen molar-refractivity contribution in [2.75, 3.05) is 25.0 Å². The second-order valence-electron chi connectivity index (χ2n) is 4.36. The summed E-state index contributed by atoms with van der Waals surface area (Å²) in [6.07, 6.45) is 4.50. The first kappa shape index (κ1) is 14.5. The van der Waals surface area contributed by atoms with E-state index in [0.717, 1.165) is 25.6 Å². The van der Waals surface area contributed by atoms with E-state index in [1.54, 1.807) is 11.3 Å². The number of hydrogen-bond acceptors (Lipinski definition) is 4. The van der Waals surface area contributed by atoms with E-state index < -0.39 is 0 Å². The van der Waals surface area contributed by atoms with Crippen LogP contribution in [0.2, 0.25) is 0 Å². The van der Waals surface area contributed by atoms with Crippen molar-refractivity contribution in [2.45, 2.75) is 40.2 Å². The third-order valence-electron chi connectivity index (χ3n) is 3.18. The SMILES string of the molecule is CCC(CC)CN(CC)c1ncc(CNC)s1. The van der Waals surface area contributed by atoms with Crippen molar-refractivity contribution in [1.29, 1.82) is 0 Å². The molecule has 1 heterocycles. The van der Waals surface area contributed by atoms with Crippen LogP contribution < -0.4 is 10.2 Å². The normalized spacial score (nSPS) is 11.1. The van der Waals surface area contributed by atoms with Crippen molar-refractivity contribution in [1.82, 2.24) is 10.3 Å². The first-order valence-corrected chi connectivity index (χ1v) is 7.40. The van der Waals surface area contributed by atoms with E-state index in [1.807, 2.05) is 13.2 Å². The summed E-state index contributed by atoms with van der Waals surface area (Å²) in [5.41, 5.74) is 0. The Morgan fingerprint density at radius 3 is 2.59 bits per heavy atom. The van der Waals surface area contributed by atoms with Crippen molar-refractivity contribution in [3.63, 3.8) is 0 Å². The molecule has 0 saturated carbocycles. The Balaban J connectivity index is 2.64. The number of anilines is 1. The molecule has 4 heteroatoms. The topological polar surface area (TPSA) is 28.2 Å². The molecule has 3 nitrogen and oxygen atoms in total. The average molecular weight is 255 g/mol. The number of rotatable bonds is 8. The van der Waals surface area contributed by atoms with E-state index >= 15 is 0 Å². The maximum atomic E-state index is 4.53. The minimum Gasteiger partial charge on any atom is -0.348 e. The van der Waals surface area contributed by atoms with Crippen LogP contribution in [0.3, 0.4) is 0 Å². The molecule has 0 atom stereocenters. The Labute approximate surface area is 109 Å². The van der Waals surface area contributed by atoms with Gasteiger partial charge in [0.1, 0.15) is 0 Å². The zero-order chi connectivity index (χ0) is 12.7. The number of hydrogen-bond donors (Lipinski definition) is 1. The minimum absolute atomic E-state index is 0.784. The maximum Gasteiger partial charge on any atom is 0.185 e. The molecule has 1 aromatic heterocycles. The molecule has 1 rings (SSSR count). The van der Waals surface area contributed by atoms with Crippen molar-refractivity contribution in [3.8, 4) is 0 Å². The monoisotopic (exact) mass is 255 g/mol. The van der Waals surface area contributed by atoms with Crippen molar-refractivity contribution >= 4 is 16.5 Å². The summed E-state index contributed by atoms with van der Waals surface area (Å²) < 4.78 is 0. The number of thiazole rings is 1. The van der Waals surface area contributed by atoms with E-state index in [1.165, 1.54) is 22.9 Å². The molecule has 0 amide bonds. The standard InChI is InChI=1S/C13H25N3S/c1-5-11(6-2)10-16(7-3)13-15-9-12(17-13)8-14-4/h9,11,14H,5-8,10H2,1-4H3. The summed E-state index contributed by atoms with van der Waals surface area (Å²) in [4.78, 5) is 8.25. The van der Waals surface area contributed by atoms with Gasteiger partial charge in [-0.2, -0.15) is 0 Å². The van der Waals surface area contributed by atoms with Crippen LogP contribution in [0.15, 0.2) is 6.20 Å². The van der Waals surface area contributed by atoms with Crippen LogP contribution in [0.5, 0.6) is 0 Å². The lowest BCUT2D eigenvalue weighted by Crippen LogP contribution is -2.28. The summed E-state index contributed by atoms with van der Waals surface area (Å²) in [5, 5.41) is 4.34. The zero-order valence-electron chi connectivity index (χ0n) is 11.5. The highest BCUT2D eigenvalue weighted by Gasteiger charge is 2.13. The van der Waals surface area contributed by atoms with Crippen LogP contribution in [-0.4, -0.2) is 25.1 Å². The predicted octanol–water partition coefficient (Wildman–Crippen LogP) is 3.13. The lowest BCUT2D eigenvalue weighted by molar-refractivity contribution is 0.486. The van der Waals surface area contributed by atoms with Gasteiger partial charge in [-0.15, -0.1) is 11.3 Å². The fraction of sp³-hybridized carbons (Fsp3) is 0.769. The Morgan fingerprint density at radius 2 is 2.06 bits per heavy atom.